The zero-order valence-electron chi connectivity index (χ0n) is 69.1. The fourth-order valence-corrected chi connectivity index (χ4v) is 17.4. The molecule has 0 aliphatic carbocycles. The van der Waals surface area contributed by atoms with Crippen molar-refractivity contribution in [2.75, 3.05) is 31.1 Å². The number of nitrogens with zero attached hydrogens (tertiary/aromatic N) is 10. The van der Waals surface area contributed by atoms with Crippen molar-refractivity contribution in [3.05, 3.63) is 472 Å². The van der Waals surface area contributed by atoms with Crippen LogP contribution in [0.1, 0.15) is 20.7 Å². The number of carbonyl (C=O) groups is 2. The SMILES string of the molecule is Nc1c(N)c(-c2ccc(N(c3ccccc3)c3ccccc3)cc2)c2nsnc2c1-c1ccc(N(c2ccccc2)c2ccccc2)cc1.O=C(C(=O)c1ccccc1)c1ccccc1.c1ccc(-c2nc3c(-c4ccc(N(c5ccccc5)c5ccccc5)cc4)c4nsnc4c(-c4ccc(N(c5ccccc5)c5ccccc5)cc4)c3nc2-c2ccccc2)cc1. The van der Waals surface area contributed by atoms with E-state index in [1.807, 2.05) is 121 Å². The first-order chi connectivity index (χ1) is 63.2. The van der Waals surface area contributed by atoms with Crippen LogP contribution in [-0.4, -0.2) is 39.0 Å². The highest BCUT2D eigenvalue weighted by Gasteiger charge is 2.29. The summed E-state index contributed by atoms with van der Waals surface area (Å²) in [7, 11) is 0. The number of carbonyl (C=O) groups excluding carboxylic acids is 2. The Labute approximate surface area is 749 Å². The minimum Gasteiger partial charge on any atom is -0.396 e. The molecule has 16 heteroatoms. The van der Waals surface area contributed by atoms with Crippen LogP contribution in [0.3, 0.4) is 0 Å². The molecule has 0 unspecified atom stereocenters. The molecule has 3 heterocycles. The third kappa shape index (κ3) is 16.8. The van der Waals surface area contributed by atoms with Crippen LogP contribution in [0.25, 0.3) is 100 Å². The van der Waals surface area contributed by atoms with Gasteiger partial charge in [-0.15, -0.1) is 0 Å². The number of hydrogen-bond acceptors (Lipinski definition) is 16. The summed E-state index contributed by atoms with van der Waals surface area (Å²) in [4.78, 5) is 43.9. The molecule has 0 bridgehead atoms. The smallest absolute Gasteiger partial charge is 0.233 e. The van der Waals surface area contributed by atoms with E-state index in [2.05, 4.69) is 311 Å². The normalized spacial score (nSPS) is 10.9. The number of para-hydroxylation sites is 8. The molecule has 3 aromatic heterocycles. The lowest BCUT2D eigenvalue weighted by molar-refractivity contribution is 0.0817. The Morgan fingerprint density at radius 3 is 0.570 bits per heavy atom. The Balaban J connectivity index is 0.000000145. The third-order valence-corrected chi connectivity index (χ3v) is 23.3. The van der Waals surface area contributed by atoms with Gasteiger partial charge in [0.05, 0.1) is 46.2 Å². The summed E-state index contributed by atoms with van der Waals surface area (Å²) in [5, 5.41) is 0. The van der Waals surface area contributed by atoms with Gasteiger partial charge >= 0.3 is 0 Å². The Bertz CT molecular complexity index is 6760. The Morgan fingerprint density at radius 2 is 0.359 bits per heavy atom. The zero-order chi connectivity index (χ0) is 86.5. The van der Waals surface area contributed by atoms with Crippen molar-refractivity contribution in [2.24, 2.45) is 0 Å². The minimum atomic E-state index is -0.466. The maximum atomic E-state index is 11.8. The fraction of sp³-hybridized carbons (Fsp3) is 0. The molecule has 21 rings (SSSR count). The van der Waals surface area contributed by atoms with Crippen molar-refractivity contribution < 1.29 is 9.59 Å². The molecule has 0 saturated carbocycles. The predicted octanol–water partition coefficient (Wildman–Crippen LogP) is 29.1. The number of Topliss-reactive ketones (excluding diaryl/α,β-unsaturated/α-hetero) is 2. The summed E-state index contributed by atoms with van der Waals surface area (Å²) in [5.41, 5.74) is 43.6. The van der Waals surface area contributed by atoms with Crippen LogP contribution in [0.2, 0.25) is 0 Å². The quantitative estimate of drug-likeness (QED) is 0.0395. The van der Waals surface area contributed by atoms with Crippen molar-refractivity contribution in [1.29, 1.82) is 0 Å². The zero-order valence-corrected chi connectivity index (χ0v) is 70.8. The molecule has 0 amide bonds. The molecule has 18 aromatic carbocycles. The standard InChI is InChI=1S/C56H38N6S.C42H32N6S.C14H10O2/c1-7-19-41(20-8-1)51-52(42-21-9-2-10-22-42)58-54-50(40-33-37-48(38-34-40)62(45-27-15-5-16-28-45)46-29-17-6-18-30-46)56-55(59-63-60-56)49(53(54)57-51)39-31-35-47(36-32-39)61(43-23-11-3-12-24-43)44-25-13-4-14-26-44;43-39-37(29-21-25-35(26-22-29)47(31-13-5-1-6-14-31)32-15-7-2-8-16-32)41-42(46-49-45-41)38(40(39)44)30-23-27-36(28-24-30)48(33-17-9-3-10-18-33)34-19-11-4-12-20-34;15-13(11-7-3-1-4-8-11)14(16)12-9-5-2-6-10-12/h1-38H;1-28H,43-44H2;1-10H. The Morgan fingerprint density at radius 1 is 0.188 bits per heavy atom. The van der Waals surface area contributed by atoms with E-state index in [1.165, 1.54) is 23.5 Å². The summed E-state index contributed by atoms with van der Waals surface area (Å²) in [5.74, 6) is -0.932. The van der Waals surface area contributed by atoms with E-state index in [-0.39, 0.29) is 0 Å². The molecule has 4 N–H and O–H groups in total. The number of nitrogens with two attached hydrogens (primary N) is 2. The average Bonchev–Trinajstić information content (AvgIpc) is 1.34. The predicted molar refractivity (Wildman–Crippen MR) is 530 cm³/mol. The second-order valence-corrected chi connectivity index (χ2v) is 31.3. The minimum absolute atomic E-state index is 0.427. The number of aromatic nitrogens is 6. The Hall–Kier alpha value is -16.9. The molecule has 0 saturated heterocycles. The first-order valence-corrected chi connectivity index (χ1v) is 43.4. The van der Waals surface area contributed by atoms with Gasteiger partial charge in [-0.25, -0.2) is 9.97 Å². The van der Waals surface area contributed by atoms with Gasteiger partial charge in [-0.3, -0.25) is 9.59 Å². The lowest BCUT2D eigenvalue weighted by atomic mass is 9.93. The summed E-state index contributed by atoms with van der Waals surface area (Å²) in [6.45, 7) is 0. The van der Waals surface area contributed by atoms with Crippen LogP contribution in [-0.2, 0) is 0 Å². The average molecular weight is 1690 g/mol. The number of fused-ring (bicyclic) bond motifs is 3. The van der Waals surface area contributed by atoms with Gasteiger partial charge in [0, 0.05) is 113 Å². The highest BCUT2D eigenvalue weighted by atomic mass is 32.1. The molecule has 0 aliphatic rings. The fourth-order valence-electron chi connectivity index (χ4n) is 16.2. The van der Waals surface area contributed by atoms with E-state index < -0.39 is 11.6 Å². The lowest BCUT2D eigenvalue weighted by Gasteiger charge is -2.26. The van der Waals surface area contributed by atoms with Gasteiger partial charge in [0.1, 0.15) is 33.1 Å². The number of hydrogen-bond donors (Lipinski definition) is 2. The molecular formula is C112H80N12O2S2. The van der Waals surface area contributed by atoms with Crippen molar-refractivity contribution in [2.45, 2.75) is 0 Å². The molecule has 0 radical (unpaired) electrons. The van der Waals surface area contributed by atoms with Gasteiger partial charge < -0.3 is 31.1 Å². The summed E-state index contributed by atoms with van der Waals surface area (Å²) in [6, 6.07) is 155. The summed E-state index contributed by atoms with van der Waals surface area (Å²) < 4.78 is 19.5. The molecule has 14 nitrogen and oxygen atoms in total. The molecular weight excluding hydrogens is 1610 g/mol. The Kier molecular flexibility index (Phi) is 23.6. The molecule has 128 heavy (non-hydrogen) atoms. The van der Waals surface area contributed by atoms with Crippen LogP contribution in [0, 0.1) is 0 Å². The number of rotatable bonds is 21. The van der Waals surface area contributed by atoms with E-state index in [4.69, 9.17) is 38.9 Å². The van der Waals surface area contributed by atoms with Crippen LogP contribution in [0.15, 0.2) is 461 Å². The molecule has 0 fully saturated rings. The van der Waals surface area contributed by atoms with Gasteiger partial charge in [0.2, 0.25) is 11.6 Å². The van der Waals surface area contributed by atoms with Crippen LogP contribution >= 0.6 is 23.5 Å². The van der Waals surface area contributed by atoms with Crippen LogP contribution in [0.5, 0.6) is 0 Å². The number of nitrogen functional groups attached to an aromatic ring is 2. The number of anilines is 14. The van der Waals surface area contributed by atoms with E-state index in [0.29, 0.717) is 22.5 Å². The highest BCUT2D eigenvalue weighted by Crippen LogP contribution is 2.50. The first kappa shape index (κ1) is 80.8. The monoisotopic (exact) mass is 1690 g/mol. The molecule has 0 spiro atoms. The third-order valence-electron chi connectivity index (χ3n) is 22.3. The second-order valence-electron chi connectivity index (χ2n) is 30.2. The van der Waals surface area contributed by atoms with Gasteiger partial charge in [0.25, 0.3) is 0 Å². The summed E-state index contributed by atoms with van der Waals surface area (Å²) >= 11 is 2.38. The largest absolute Gasteiger partial charge is 0.396 e. The molecule has 612 valence electrons. The van der Waals surface area contributed by atoms with E-state index in [1.54, 1.807) is 48.5 Å². The maximum Gasteiger partial charge on any atom is 0.233 e. The van der Waals surface area contributed by atoms with Gasteiger partial charge in [0.15, 0.2) is 0 Å². The molecule has 0 atom stereocenters. The second kappa shape index (κ2) is 37.4. The molecule has 0 aliphatic heterocycles. The van der Waals surface area contributed by atoms with E-state index in [0.717, 1.165) is 168 Å². The van der Waals surface area contributed by atoms with Gasteiger partial charge in [-0.05, 0) is 168 Å². The van der Waals surface area contributed by atoms with Crippen LogP contribution in [0.4, 0.5) is 79.6 Å². The molecule has 21 aromatic rings. The van der Waals surface area contributed by atoms with Gasteiger partial charge in [-0.1, -0.05) is 315 Å². The van der Waals surface area contributed by atoms with Crippen molar-refractivity contribution in [3.63, 3.8) is 0 Å². The first-order valence-electron chi connectivity index (χ1n) is 41.9. The maximum absolute atomic E-state index is 11.8. The summed E-state index contributed by atoms with van der Waals surface area (Å²) in [6.07, 6.45) is 0. The number of benzene rings is 18. The van der Waals surface area contributed by atoms with Crippen molar-refractivity contribution >= 4 is 148 Å². The van der Waals surface area contributed by atoms with Crippen molar-refractivity contribution in [3.8, 4) is 67.0 Å². The van der Waals surface area contributed by atoms with Gasteiger partial charge in [-0.2, -0.15) is 17.5 Å². The van der Waals surface area contributed by atoms with E-state index in [9.17, 15) is 9.59 Å². The number of ketones is 2. The topological polar surface area (TPSA) is 176 Å². The van der Waals surface area contributed by atoms with Crippen molar-refractivity contribution in [1.82, 2.24) is 27.5 Å². The van der Waals surface area contributed by atoms with E-state index >= 15 is 0 Å². The van der Waals surface area contributed by atoms with Crippen LogP contribution < -0.4 is 31.1 Å². The highest BCUT2D eigenvalue weighted by molar-refractivity contribution is 7.00. The lowest BCUT2D eigenvalue weighted by Crippen LogP contribution is -2.14.